The van der Waals surface area contributed by atoms with Gasteiger partial charge in [0.1, 0.15) is 5.75 Å². The standard InChI is InChI=1S/C21H24ClN3O3/c1-15(28-17-9-7-16(22)8-10-17)20(26)23-19-6-4-3-5-18(19)21(27)25-13-11-24(2)12-14-25/h3-10,15H,11-14H2,1-2H3,(H,23,26). The number of hydrogen-bond donors (Lipinski definition) is 1. The van der Waals surface area contributed by atoms with Gasteiger partial charge >= 0.3 is 0 Å². The average Bonchev–Trinajstić information content (AvgIpc) is 2.70. The highest BCUT2D eigenvalue weighted by molar-refractivity contribution is 6.30. The first kappa shape index (κ1) is 20.2. The van der Waals surface area contributed by atoms with Crippen molar-refractivity contribution in [1.29, 1.82) is 0 Å². The lowest BCUT2D eigenvalue weighted by Gasteiger charge is -2.32. The van der Waals surface area contributed by atoms with Crippen LogP contribution in [0.5, 0.6) is 5.75 Å². The minimum Gasteiger partial charge on any atom is -0.481 e. The third-order valence-electron chi connectivity index (χ3n) is 4.70. The van der Waals surface area contributed by atoms with Gasteiger partial charge in [-0.05, 0) is 50.4 Å². The number of likely N-dealkylation sites (N-methyl/N-ethyl adjacent to an activating group) is 1. The molecule has 1 aliphatic rings. The van der Waals surface area contributed by atoms with E-state index in [-0.39, 0.29) is 11.8 Å². The largest absolute Gasteiger partial charge is 0.481 e. The number of anilines is 1. The number of halogens is 1. The third kappa shape index (κ3) is 5.03. The van der Waals surface area contributed by atoms with Gasteiger partial charge in [0.05, 0.1) is 11.3 Å². The van der Waals surface area contributed by atoms with Crippen LogP contribution >= 0.6 is 11.6 Å². The molecule has 1 heterocycles. The van der Waals surface area contributed by atoms with Crippen LogP contribution in [0.2, 0.25) is 5.02 Å². The Morgan fingerprint density at radius 1 is 1.04 bits per heavy atom. The fraction of sp³-hybridized carbons (Fsp3) is 0.333. The van der Waals surface area contributed by atoms with Crippen molar-refractivity contribution >= 4 is 29.1 Å². The predicted molar refractivity (Wildman–Crippen MR) is 110 cm³/mol. The summed E-state index contributed by atoms with van der Waals surface area (Å²) >= 11 is 5.86. The van der Waals surface area contributed by atoms with Crippen molar-refractivity contribution in [2.45, 2.75) is 13.0 Å². The number of ether oxygens (including phenoxy) is 1. The topological polar surface area (TPSA) is 61.9 Å². The van der Waals surface area contributed by atoms with Gasteiger partial charge < -0.3 is 19.9 Å². The molecule has 3 rings (SSSR count). The maximum atomic E-state index is 12.9. The molecular weight excluding hydrogens is 378 g/mol. The Bertz CT molecular complexity index is 833. The highest BCUT2D eigenvalue weighted by Gasteiger charge is 2.24. The Hall–Kier alpha value is -2.57. The van der Waals surface area contributed by atoms with Crippen molar-refractivity contribution in [2.24, 2.45) is 0 Å². The Balaban J connectivity index is 1.67. The summed E-state index contributed by atoms with van der Waals surface area (Å²) in [5, 5.41) is 3.42. The van der Waals surface area contributed by atoms with Gasteiger partial charge in [-0.3, -0.25) is 9.59 Å². The van der Waals surface area contributed by atoms with Crippen molar-refractivity contribution < 1.29 is 14.3 Å². The smallest absolute Gasteiger partial charge is 0.265 e. The number of amides is 2. The Kier molecular flexibility index (Phi) is 6.54. The first-order chi connectivity index (χ1) is 13.4. The monoisotopic (exact) mass is 401 g/mol. The zero-order valence-electron chi connectivity index (χ0n) is 16.0. The van der Waals surface area contributed by atoms with E-state index in [1.54, 1.807) is 55.5 Å². The van der Waals surface area contributed by atoms with Gasteiger partial charge in [0.2, 0.25) is 0 Å². The molecule has 2 amide bonds. The van der Waals surface area contributed by atoms with Crippen LogP contribution in [0.1, 0.15) is 17.3 Å². The molecule has 0 radical (unpaired) electrons. The lowest BCUT2D eigenvalue weighted by molar-refractivity contribution is -0.122. The molecule has 0 aromatic heterocycles. The van der Waals surface area contributed by atoms with Gasteiger partial charge in [-0.25, -0.2) is 0 Å². The summed E-state index contributed by atoms with van der Waals surface area (Å²) in [7, 11) is 2.04. The summed E-state index contributed by atoms with van der Waals surface area (Å²) in [6.07, 6.45) is -0.729. The molecule has 1 N–H and O–H groups in total. The highest BCUT2D eigenvalue weighted by atomic mass is 35.5. The number of rotatable bonds is 5. The molecule has 1 aliphatic heterocycles. The fourth-order valence-corrected chi connectivity index (χ4v) is 3.09. The molecule has 7 heteroatoms. The molecule has 6 nitrogen and oxygen atoms in total. The van der Waals surface area contributed by atoms with Crippen LogP contribution in [0.25, 0.3) is 0 Å². The molecule has 1 saturated heterocycles. The summed E-state index contributed by atoms with van der Waals surface area (Å²) in [6.45, 7) is 4.69. The predicted octanol–water partition coefficient (Wildman–Crippen LogP) is 3.13. The molecule has 2 aromatic carbocycles. The second-order valence-electron chi connectivity index (χ2n) is 6.84. The van der Waals surface area contributed by atoms with Gasteiger partial charge in [-0.1, -0.05) is 23.7 Å². The van der Waals surface area contributed by atoms with Gasteiger partial charge in [-0.2, -0.15) is 0 Å². The normalized spacial score (nSPS) is 15.8. The van der Waals surface area contributed by atoms with E-state index in [4.69, 9.17) is 16.3 Å². The first-order valence-corrected chi connectivity index (χ1v) is 9.62. The Morgan fingerprint density at radius 3 is 2.36 bits per heavy atom. The van der Waals surface area contributed by atoms with Gasteiger partial charge in [0.25, 0.3) is 11.8 Å². The molecule has 1 atom stereocenters. The van der Waals surface area contributed by atoms with Crippen LogP contribution in [0.4, 0.5) is 5.69 Å². The van der Waals surface area contributed by atoms with Crippen LogP contribution in [0, 0.1) is 0 Å². The first-order valence-electron chi connectivity index (χ1n) is 9.24. The lowest BCUT2D eigenvalue weighted by Crippen LogP contribution is -2.47. The summed E-state index contributed by atoms with van der Waals surface area (Å²) in [6, 6.07) is 13.9. The minimum absolute atomic E-state index is 0.0738. The maximum absolute atomic E-state index is 12.9. The van der Waals surface area contributed by atoms with Crippen molar-refractivity contribution in [1.82, 2.24) is 9.80 Å². The average molecular weight is 402 g/mol. The molecule has 0 aliphatic carbocycles. The summed E-state index contributed by atoms with van der Waals surface area (Å²) < 4.78 is 5.66. The molecule has 0 bridgehead atoms. The second-order valence-corrected chi connectivity index (χ2v) is 7.28. The molecule has 0 spiro atoms. The Labute approximate surface area is 170 Å². The quantitative estimate of drug-likeness (QED) is 0.836. The SMILES string of the molecule is CC(Oc1ccc(Cl)cc1)C(=O)Nc1ccccc1C(=O)N1CCN(C)CC1. The van der Waals surface area contributed by atoms with E-state index in [9.17, 15) is 9.59 Å². The number of para-hydroxylation sites is 1. The highest BCUT2D eigenvalue weighted by Crippen LogP contribution is 2.20. The third-order valence-corrected chi connectivity index (χ3v) is 4.95. The number of carbonyl (C=O) groups is 2. The van der Waals surface area contributed by atoms with Gasteiger partial charge in [-0.15, -0.1) is 0 Å². The Morgan fingerprint density at radius 2 is 1.68 bits per heavy atom. The van der Waals surface area contributed by atoms with E-state index in [2.05, 4.69) is 10.2 Å². The molecule has 0 saturated carbocycles. The molecule has 1 unspecified atom stereocenters. The maximum Gasteiger partial charge on any atom is 0.265 e. The zero-order chi connectivity index (χ0) is 20.1. The van der Waals surface area contributed by atoms with E-state index in [0.717, 1.165) is 13.1 Å². The van der Waals surface area contributed by atoms with Gasteiger partial charge in [0.15, 0.2) is 6.10 Å². The van der Waals surface area contributed by atoms with Crippen LogP contribution in [0.15, 0.2) is 48.5 Å². The van der Waals surface area contributed by atoms with E-state index in [1.807, 2.05) is 11.9 Å². The van der Waals surface area contributed by atoms with Crippen LogP contribution < -0.4 is 10.1 Å². The fourth-order valence-electron chi connectivity index (χ4n) is 2.96. The number of hydrogen-bond acceptors (Lipinski definition) is 4. The summed E-state index contributed by atoms with van der Waals surface area (Å²) in [4.78, 5) is 29.5. The summed E-state index contributed by atoms with van der Waals surface area (Å²) in [5.41, 5.74) is 0.974. The lowest BCUT2D eigenvalue weighted by atomic mass is 10.1. The van der Waals surface area contributed by atoms with E-state index >= 15 is 0 Å². The number of nitrogens with one attached hydrogen (secondary N) is 1. The molecule has 28 heavy (non-hydrogen) atoms. The summed E-state index contributed by atoms with van der Waals surface area (Å²) in [5.74, 6) is 0.151. The van der Waals surface area contributed by atoms with E-state index < -0.39 is 6.10 Å². The second kappa shape index (κ2) is 9.08. The number of carbonyl (C=O) groups excluding carboxylic acids is 2. The number of piperazine rings is 1. The van der Waals surface area contributed by atoms with Crippen LogP contribution in [0.3, 0.4) is 0 Å². The molecule has 148 valence electrons. The minimum atomic E-state index is -0.729. The van der Waals surface area contributed by atoms with Crippen molar-refractivity contribution in [2.75, 3.05) is 38.5 Å². The van der Waals surface area contributed by atoms with Crippen LogP contribution in [-0.2, 0) is 4.79 Å². The number of benzene rings is 2. The molecule has 1 fully saturated rings. The van der Waals surface area contributed by atoms with E-state index in [0.29, 0.717) is 35.1 Å². The van der Waals surface area contributed by atoms with Crippen molar-refractivity contribution in [3.63, 3.8) is 0 Å². The van der Waals surface area contributed by atoms with Crippen molar-refractivity contribution in [3.8, 4) is 5.75 Å². The van der Waals surface area contributed by atoms with E-state index in [1.165, 1.54) is 0 Å². The zero-order valence-corrected chi connectivity index (χ0v) is 16.8. The van der Waals surface area contributed by atoms with Gasteiger partial charge in [0, 0.05) is 31.2 Å². The molecule has 2 aromatic rings. The van der Waals surface area contributed by atoms with Crippen LogP contribution in [-0.4, -0.2) is 60.9 Å². The van der Waals surface area contributed by atoms with Crippen molar-refractivity contribution in [3.05, 3.63) is 59.1 Å². The number of nitrogens with zero attached hydrogens (tertiary/aromatic N) is 2. The molecular formula is C21H24ClN3O3.